The Morgan fingerprint density at radius 1 is 1.06 bits per heavy atom. The van der Waals surface area contributed by atoms with E-state index in [9.17, 15) is 26.3 Å². The van der Waals surface area contributed by atoms with Crippen LogP contribution in [0, 0.1) is 0 Å². The maximum atomic E-state index is 13.4. The van der Waals surface area contributed by atoms with Gasteiger partial charge in [-0.1, -0.05) is 30.3 Å². The quantitative estimate of drug-likeness (QED) is 0.456. The SMILES string of the molecule is C[C@@H](O[C@H]1OCCN(c2ncn[nH]2)[C@@]1(C)c1ccccc1)c1cc(C(F)(F)F)cc(C(F)(F)F)c1. The standard InChI is InChI=1S/C23H22F6N4O2/c1-14(15-10-17(22(24,25)26)12-18(11-15)23(27,28)29)35-19-21(2,16-6-4-3-5-7-16)33(8-9-34-19)20-30-13-31-32-20/h3-7,10-14,19H,8-9H2,1-2H3,(H,30,31,32)/t14-,19-,21+/m1/s1. The maximum absolute atomic E-state index is 13.4. The average molecular weight is 500 g/mol. The van der Waals surface area contributed by atoms with Crippen molar-refractivity contribution in [2.75, 3.05) is 18.1 Å². The van der Waals surface area contributed by atoms with Gasteiger partial charge in [0.05, 0.1) is 23.8 Å². The van der Waals surface area contributed by atoms with Crippen LogP contribution in [-0.4, -0.2) is 34.6 Å². The number of ether oxygens (including phenoxy) is 2. The van der Waals surface area contributed by atoms with E-state index in [0.29, 0.717) is 24.6 Å². The first-order chi connectivity index (χ1) is 16.4. The molecular formula is C23H22F6N4O2. The Balaban J connectivity index is 1.73. The van der Waals surface area contributed by atoms with Gasteiger partial charge >= 0.3 is 12.4 Å². The van der Waals surface area contributed by atoms with E-state index >= 15 is 0 Å². The van der Waals surface area contributed by atoms with Gasteiger partial charge < -0.3 is 14.4 Å². The number of anilines is 1. The van der Waals surface area contributed by atoms with Crippen molar-refractivity contribution in [3.8, 4) is 0 Å². The second kappa shape index (κ2) is 9.15. The summed E-state index contributed by atoms with van der Waals surface area (Å²) in [4.78, 5) is 6.06. The Hall–Kier alpha value is -3.12. The minimum Gasteiger partial charge on any atom is -0.348 e. The highest BCUT2D eigenvalue weighted by atomic mass is 19.4. The number of hydrogen-bond donors (Lipinski definition) is 1. The third-order valence-electron chi connectivity index (χ3n) is 6.03. The molecule has 1 fully saturated rings. The zero-order chi connectivity index (χ0) is 25.4. The Kier molecular flexibility index (Phi) is 6.54. The fourth-order valence-corrected chi connectivity index (χ4v) is 4.14. The summed E-state index contributed by atoms with van der Waals surface area (Å²) in [6, 6.07) is 10.5. The monoisotopic (exact) mass is 500 g/mol. The van der Waals surface area contributed by atoms with Gasteiger partial charge in [0.1, 0.15) is 11.9 Å². The lowest BCUT2D eigenvalue weighted by molar-refractivity contribution is -0.217. The summed E-state index contributed by atoms with van der Waals surface area (Å²) in [5.41, 5.74) is -3.38. The molecule has 2 heterocycles. The zero-order valence-electron chi connectivity index (χ0n) is 18.7. The van der Waals surface area contributed by atoms with Crippen LogP contribution in [0.15, 0.2) is 54.9 Å². The fraction of sp³-hybridized carbons (Fsp3) is 0.391. The molecule has 0 radical (unpaired) electrons. The van der Waals surface area contributed by atoms with Crippen LogP contribution in [0.3, 0.4) is 0 Å². The van der Waals surface area contributed by atoms with E-state index in [1.165, 1.54) is 13.3 Å². The molecule has 35 heavy (non-hydrogen) atoms. The van der Waals surface area contributed by atoms with Crippen LogP contribution in [0.2, 0.25) is 0 Å². The van der Waals surface area contributed by atoms with Gasteiger partial charge in [-0.25, -0.2) is 5.10 Å². The third kappa shape index (κ3) is 4.98. The molecule has 0 aliphatic carbocycles. The van der Waals surface area contributed by atoms with Crippen molar-refractivity contribution in [2.45, 2.75) is 44.1 Å². The number of aromatic amines is 1. The summed E-state index contributed by atoms with van der Waals surface area (Å²) < 4.78 is 92.1. The topological polar surface area (TPSA) is 63.3 Å². The van der Waals surface area contributed by atoms with Crippen LogP contribution >= 0.6 is 0 Å². The number of aromatic nitrogens is 3. The van der Waals surface area contributed by atoms with E-state index in [0.717, 1.165) is 5.56 Å². The Labute approximate surface area is 196 Å². The second-order valence-electron chi connectivity index (χ2n) is 8.29. The Morgan fingerprint density at radius 2 is 1.69 bits per heavy atom. The van der Waals surface area contributed by atoms with Gasteiger partial charge in [-0.15, -0.1) is 0 Å². The van der Waals surface area contributed by atoms with Gasteiger partial charge in [-0.05, 0) is 43.2 Å². The molecule has 4 rings (SSSR count). The van der Waals surface area contributed by atoms with Crippen molar-refractivity contribution in [3.63, 3.8) is 0 Å². The van der Waals surface area contributed by atoms with E-state index in [-0.39, 0.29) is 18.2 Å². The van der Waals surface area contributed by atoms with Crippen LogP contribution in [0.5, 0.6) is 0 Å². The van der Waals surface area contributed by atoms with Crippen molar-refractivity contribution in [3.05, 3.63) is 77.1 Å². The van der Waals surface area contributed by atoms with Crippen molar-refractivity contribution >= 4 is 5.95 Å². The molecule has 1 aliphatic heterocycles. The number of hydrogen-bond acceptors (Lipinski definition) is 5. The van der Waals surface area contributed by atoms with Crippen LogP contribution in [-0.2, 0) is 27.4 Å². The molecule has 3 aromatic rings. The summed E-state index contributed by atoms with van der Waals surface area (Å²) in [6.07, 6.45) is -10.8. The number of nitrogens with one attached hydrogen (secondary N) is 1. The lowest BCUT2D eigenvalue weighted by atomic mass is 9.88. The summed E-state index contributed by atoms with van der Waals surface area (Å²) >= 11 is 0. The lowest BCUT2D eigenvalue weighted by Gasteiger charge is -2.49. The highest BCUT2D eigenvalue weighted by Gasteiger charge is 2.48. The molecule has 0 saturated carbocycles. The van der Waals surface area contributed by atoms with Crippen molar-refractivity contribution in [1.82, 2.24) is 15.2 Å². The molecule has 0 spiro atoms. The highest BCUT2D eigenvalue weighted by Crippen LogP contribution is 2.42. The molecule has 0 unspecified atom stereocenters. The molecule has 0 amide bonds. The smallest absolute Gasteiger partial charge is 0.348 e. The zero-order valence-corrected chi connectivity index (χ0v) is 18.7. The van der Waals surface area contributed by atoms with E-state index < -0.39 is 41.4 Å². The molecule has 12 heteroatoms. The number of halogens is 6. The second-order valence-corrected chi connectivity index (χ2v) is 8.29. The van der Waals surface area contributed by atoms with E-state index in [1.54, 1.807) is 19.1 Å². The van der Waals surface area contributed by atoms with Crippen LogP contribution in [0.4, 0.5) is 32.3 Å². The summed E-state index contributed by atoms with van der Waals surface area (Å²) in [5, 5.41) is 6.67. The van der Waals surface area contributed by atoms with Crippen molar-refractivity contribution in [2.24, 2.45) is 0 Å². The Bertz CT molecular complexity index is 1100. The average Bonchev–Trinajstić information content (AvgIpc) is 3.34. The van der Waals surface area contributed by atoms with Gasteiger partial charge in [0.15, 0.2) is 6.29 Å². The van der Waals surface area contributed by atoms with Gasteiger partial charge in [0.2, 0.25) is 5.95 Å². The first-order valence-corrected chi connectivity index (χ1v) is 10.7. The third-order valence-corrected chi connectivity index (χ3v) is 6.03. The molecule has 1 saturated heterocycles. The van der Waals surface area contributed by atoms with Crippen molar-refractivity contribution in [1.29, 1.82) is 0 Å². The van der Waals surface area contributed by atoms with Crippen LogP contribution in [0.1, 0.15) is 42.2 Å². The number of H-pyrrole nitrogens is 1. The Morgan fingerprint density at radius 3 is 2.23 bits per heavy atom. The highest BCUT2D eigenvalue weighted by molar-refractivity contribution is 5.42. The lowest BCUT2D eigenvalue weighted by Crippen LogP contribution is -2.60. The maximum Gasteiger partial charge on any atom is 0.416 e. The van der Waals surface area contributed by atoms with E-state index in [2.05, 4.69) is 15.2 Å². The number of nitrogens with zero attached hydrogens (tertiary/aromatic N) is 3. The number of alkyl halides is 6. The number of benzene rings is 2. The van der Waals surface area contributed by atoms with E-state index in [1.807, 2.05) is 23.1 Å². The minimum atomic E-state index is -4.96. The molecule has 1 N–H and O–H groups in total. The molecule has 0 bridgehead atoms. The predicted molar refractivity (Wildman–Crippen MR) is 113 cm³/mol. The normalized spacial score (nSPS) is 22.3. The molecule has 3 atom stereocenters. The van der Waals surface area contributed by atoms with Gasteiger partial charge in [-0.2, -0.15) is 36.4 Å². The van der Waals surface area contributed by atoms with E-state index in [4.69, 9.17) is 9.47 Å². The number of morpholine rings is 1. The predicted octanol–water partition coefficient (Wildman–Crippen LogP) is 5.70. The molecule has 1 aromatic heterocycles. The molecule has 6 nitrogen and oxygen atoms in total. The molecule has 1 aliphatic rings. The first kappa shape index (κ1) is 25.0. The molecular weight excluding hydrogens is 478 g/mol. The largest absolute Gasteiger partial charge is 0.416 e. The van der Waals surface area contributed by atoms with Gasteiger partial charge in [0.25, 0.3) is 0 Å². The first-order valence-electron chi connectivity index (χ1n) is 10.7. The molecule has 2 aromatic carbocycles. The van der Waals surface area contributed by atoms with Gasteiger partial charge in [-0.3, -0.25) is 0 Å². The molecule has 188 valence electrons. The van der Waals surface area contributed by atoms with Gasteiger partial charge in [0, 0.05) is 6.54 Å². The van der Waals surface area contributed by atoms with Crippen LogP contribution < -0.4 is 4.90 Å². The van der Waals surface area contributed by atoms with Crippen LogP contribution in [0.25, 0.3) is 0 Å². The summed E-state index contributed by atoms with van der Waals surface area (Å²) in [7, 11) is 0. The fourth-order valence-electron chi connectivity index (χ4n) is 4.14. The minimum absolute atomic E-state index is 0.0903. The van der Waals surface area contributed by atoms with Crippen molar-refractivity contribution < 1.29 is 35.8 Å². The summed E-state index contributed by atoms with van der Waals surface area (Å²) in [6.45, 7) is 3.75. The summed E-state index contributed by atoms with van der Waals surface area (Å²) in [5.74, 6) is 0.416. The number of rotatable bonds is 5.